The number of hydrogen-bond acceptors (Lipinski definition) is 5. The number of carbonyl (C=O) groups is 2. The molecule has 26 heavy (non-hydrogen) atoms. The predicted molar refractivity (Wildman–Crippen MR) is 98.0 cm³/mol. The molecule has 0 radical (unpaired) electrons. The zero-order valence-electron chi connectivity index (χ0n) is 15.2. The third-order valence-corrected chi connectivity index (χ3v) is 3.72. The summed E-state index contributed by atoms with van der Waals surface area (Å²) in [5.74, 6) is 0.443. The second-order valence-electron chi connectivity index (χ2n) is 6.09. The molecule has 2 N–H and O–H groups in total. The lowest BCUT2D eigenvalue weighted by Gasteiger charge is -2.18. The normalized spacial score (nSPS) is 11.7. The summed E-state index contributed by atoms with van der Waals surface area (Å²) in [5.41, 5.74) is 1.30. The zero-order chi connectivity index (χ0) is 18.9. The Morgan fingerprint density at radius 2 is 1.81 bits per heavy atom. The molecule has 1 heterocycles. The van der Waals surface area contributed by atoms with Crippen molar-refractivity contribution in [2.75, 3.05) is 13.1 Å². The van der Waals surface area contributed by atoms with E-state index in [2.05, 4.69) is 34.4 Å². The molecule has 2 rings (SSSR count). The first-order valence-electron chi connectivity index (χ1n) is 8.56. The molecule has 0 bridgehead atoms. The highest BCUT2D eigenvalue weighted by atomic mass is 16.5. The van der Waals surface area contributed by atoms with Gasteiger partial charge in [0.1, 0.15) is 11.4 Å². The summed E-state index contributed by atoms with van der Waals surface area (Å²) in [6.45, 7) is 6.44. The van der Waals surface area contributed by atoms with Gasteiger partial charge in [-0.05, 0) is 24.5 Å². The van der Waals surface area contributed by atoms with Gasteiger partial charge in [0.25, 0.3) is 11.8 Å². The van der Waals surface area contributed by atoms with Crippen LogP contribution in [0.25, 0.3) is 0 Å². The van der Waals surface area contributed by atoms with Crippen LogP contribution in [0.1, 0.15) is 42.7 Å². The molecular formula is C19H24N4O3. The summed E-state index contributed by atoms with van der Waals surface area (Å²) in [4.78, 5) is 31.7. The summed E-state index contributed by atoms with van der Waals surface area (Å²) in [6, 6.07) is 7.69. The number of nitrogens with one attached hydrogen (secondary N) is 2. The first kappa shape index (κ1) is 19.4. The van der Waals surface area contributed by atoms with E-state index in [-0.39, 0.29) is 24.1 Å². The van der Waals surface area contributed by atoms with Gasteiger partial charge in [-0.3, -0.25) is 14.6 Å². The Morgan fingerprint density at radius 1 is 1.08 bits per heavy atom. The number of para-hydroxylation sites is 1. The fraction of sp³-hybridized carbons (Fsp3) is 0.368. The average Bonchev–Trinajstić information content (AvgIpc) is 2.65. The zero-order valence-corrected chi connectivity index (χ0v) is 15.2. The Balaban J connectivity index is 1.77. The molecule has 1 aromatic carbocycles. The summed E-state index contributed by atoms with van der Waals surface area (Å²) < 4.78 is 5.80. The van der Waals surface area contributed by atoms with Gasteiger partial charge in [-0.2, -0.15) is 0 Å². The minimum absolute atomic E-state index is 0.237. The highest BCUT2D eigenvalue weighted by Crippen LogP contribution is 2.26. The van der Waals surface area contributed by atoms with Gasteiger partial charge in [0.05, 0.1) is 6.20 Å². The smallest absolute Gasteiger partial charge is 0.271 e. The van der Waals surface area contributed by atoms with E-state index in [1.165, 1.54) is 18.6 Å². The van der Waals surface area contributed by atoms with E-state index in [4.69, 9.17) is 4.74 Å². The van der Waals surface area contributed by atoms with Crippen LogP contribution in [0.5, 0.6) is 5.75 Å². The molecule has 138 valence electrons. The lowest BCUT2D eigenvalue weighted by atomic mass is 10.0. The van der Waals surface area contributed by atoms with Crippen molar-refractivity contribution in [3.8, 4) is 5.75 Å². The summed E-state index contributed by atoms with van der Waals surface area (Å²) >= 11 is 0. The maximum atomic E-state index is 12.2. The van der Waals surface area contributed by atoms with Gasteiger partial charge in [-0.1, -0.05) is 32.0 Å². The van der Waals surface area contributed by atoms with E-state index in [9.17, 15) is 9.59 Å². The van der Waals surface area contributed by atoms with Gasteiger partial charge >= 0.3 is 0 Å². The van der Waals surface area contributed by atoms with Gasteiger partial charge in [0.2, 0.25) is 0 Å². The number of aromatic nitrogens is 2. The van der Waals surface area contributed by atoms with Gasteiger partial charge < -0.3 is 15.4 Å². The molecule has 0 aliphatic rings. The van der Waals surface area contributed by atoms with E-state index in [1.54, 1.807) is 6.92 Å². The van der Waals surface area contributed by atoms with Crippen LogP contribution in [-0.2, 0) is 4.79 Å². The van der Waals surface area contributed by atoms with E-state index in [0.29, 0.717) is 18.2 Å². The standard InChI is InChI=1S/C19H24N4O3/c1-13(2)15-6-4-5-7-17(15)26-14(3)18(24)22-10-11-23-19(25)16-12-20-8-9-21-16/h4-9,12-14H,10-11H2,1-3H3,(H,22,24)(H,23,25). The molecule has 0 saturated heterocycles. The molecule has 2 aromatic rings. The van der Waals surface area contributed by atoms with Crippen molar-refractivity contribution in [3.63, 3.8) is 0 Å². The number of amides is 2. The minimum Gasteiger partial charge on any atom is -0.481 e. The van der Waals surface area contributed by atoms with Crippen LogP contribution in [-0.4, -0.2) is 41.0 Å². The number of ether oxygens (including phenoxy) is 1. The van der Waals surface area contributed by atoms with Crippen LogP contribution >= 0.6 is 0 Å². The van der Waals surface area contributed by atoms with Crippen LogP contribution in [0, 0.1) is 0 Å². The largest absolute Gasteiger partial charge is 0.481 e. The lowest BCUT2D eigenvalue weighted by Crippen LogP contribution is -2.40. The summed E-state index contributed by atoms with van der Waals surface area (Å²) in [5, 5.41) is 5.41. The average molecular weight is 356 g/mol. The number of hydrogen-bond donors (Lipinski definition) is 2. The Bertz CT molecular complexity index is 735. The predicted octanol–water partition coefficient (Wildman–Crippen LogP) is 1.91. The van der Waals surface area contributed by atoms with Gasteiger partial charge in [-0.15, -0.1) is 0 Å². The highest BCUT2D eigenvalue weighted by Gasteiger charge is 2.17. The number of benzene rings is 1. The van der Waals surface area contributed by atoms with Crippen molar-refractivity contribution in [2.45, 2.75) is 32.8 Å². The molecule has 7 nitrogen and oxygen atoms in total. The summed E-state index contributed by atoms with van der Waals surface area (Å²) in [7, 11) is 0. The molecule has 1 unspecified atom stereocenters. The molecule has 0 aliphatic carbocycles. The molecule has 7 heteroatoms. The van der Waals surface area contributed by atoms with Crippen LogP contribution in [0.3, 0.4) is 0 Å². The van der Waals surface area contributed by atoms with Gasteiger partial charge in [-0.25, -0.2) is 4.98 Å². The molecule has 0 aliphatic heterocycles. The molecular weight excluding hydrogens is 332 g/mol. The molecule has 2 amide bonds. The van der Waals surface area contributed by atoms with Crippen molar-refractivity contribution in [2.24, 2.45) is 0 Å². The van der Waals surface area contributed by atoms with E-state index < -0.39 is 6.10 Å². The maximum absolute atomic E-state index is 12.2. The number of carbonyl (C=O) groups excluding carboxylic acids is 2. The molecule has 0 saturated carbocycles. The van der Waals surface area contributed by atoms with E-state index in [0.717, 1.165) is 5.56 Å². The van der Waals surface area contributed by atoms with Crippen LogP contribution in [0.15, 0.2) is 42.9 Å². The Morgan fingerprint density at radius 3 is 2.50 bits per heavy atom. The Labute approximate surface area is 153 Å². The topological polar surface area (TPSA) is 93.2 Å². The maximum Gasteiger partial charge on any atom is 0.271 e. The first-order chi connectivity index (χ1) is 12.5. The Kier molecular flexibility index (Phi) is 7.08. The highest BCUT2D eigenvalue weighted by molar-refractivity contribution is 5.91. The second kappa shape index (κ2) is 9.50. The number of rotatable bonds is 8. The van der Waals surface area contributed by atoms with Crippen LogP contribution < -0.4 is 15.4 Å². The molecule has 1 aromatic heterocycles. The quantitative estimate of drug-likeness (QED) is 0.705. The minimum atomic E-state index is -0.634. The summed E-state index contributed by atoms with van der Waals surface area (Å²) in [6.07, 6.45) is 3.70. The SMILES string of the molecule is CC(Oc1ccccc1C(C)C)C(=O)NCCNC(=O)c1cnccn1. The van der Waals surface area contributed by atoms with Crippen molar-refractivity contribution < 1.29 is 14.3 Å². The molecule has 0 spiro atoms. The van der Waals surface area contributed by atoms with E-state index >= 15 is 0 Å². The van der Waals surface area contributed by atoms with Crippen molar-refractivity contribution in [3.05, 3.63) is 54.1 Å². The van der Waals surface area contributed by atoms with Crippen LogP contribution in [0.4, 0.5) is 0 Å². The lowest BCUT2D eigenvalue weighted by molar-refractivity contribution is -0.127. The first-order valence-corrected chi connectivity index (χ1v) is 8.56. The van der Waals surface area contributed by atoms with Gasteiger partial charge in [0, 0.05) is 25.5 Å². The van der Waals surface area contributed by atoms with Crippen molar-refractivity contribution >= 4 is 11.8 Å². The third kappa shape index (κ3) is 5.54. The third-order valence-electron chi connectivity index (χ3n) is 3.72. The van der Waals surface area contributed by atoms with Gasteiger partial charge in [0.15, 0.2) is 6.10 Å². The fourth-order valence-corrected chi connectivity index (χ4v) is 2.32. The monoisotopic (exact) mass is 356 g/mol. The van der Waals surface area contributed by atoms with Crippen LogP contribution in [0.2, 0.25) is 0 Å². The Hall–Kier alpha value is -2.96. The second-order valence-corrected chi connectivity index (χ2v) is 6.09. The van der Waals surface area contributed by atoms with Crippen molar-refractivity contribution in [1.82, 2.24) is 20.6 Å². The number of nitrogens with zero attached hydrogens (tertiary/aromatic N) is 2. The fourth-order valence-electron chi connectivity index (χ4n) is 2.32. The molecule has 1 atom stereocenters. The molecule has 0 fully saturated rings. The van der Waals surface area contributed by atoms with E-state index in [1.807, 2.05) is 24.3 Å². The van der Waals surface area contributed by atoms with Crippen molar-refractivity contribution in [1.29, 1.82) is 0 Å².